The minimum Gasteiger partial charge on any atom is -0.339 e. The number of aromatic nitrogens is 1. The number of benzene rings is 1. The number of aryl methyl sites for hydroxylation is 2. The zero-order valence-corrected chi connectivity index (χ0v) is 17.2. The van der Waals surface area contributed by atoms with Gasteiger partial charge in [0.2, 0.25) is 0 Å². The molecular formula is C22H22F3N3O3. The Balaban J connectivity index is 1.54. The maximum absolute atomic E-state index is 13.2. The summed E-state index contributed by atoms with van der Waals surface area (Å²) < 4.78 is 39.5. The number of urea groups is 1. The van der Waals surface area contributed by atoms with Crippen LogP contribution >= 0.6 is 0 Å². The molecule has 1 saturated heterocycles. The van der Waals surface area contributed by atoms with Crippen LogP contribution in [0.15, 0.2) is 30.3 Å². The Hall–Kier alpha value is -3.10. The average molecular weight is 433 g/mol. The van der Waals surface area contributed by atoms with Crippen molar-refractivity contribution >= 4 is 17.7 Å². The number of nitrogens with zero attached hydrogens (tertiary/aromatic N) is 2. The number of carbonyl (C=O) groups is 3. The molecule has 2 heterocycles. The van der Waals surface area contributed by atoms with Gasteiger partial charge in [0.05, 0.1) is 6.54 Å². The number of amides is 3. The zero-order chi connectivity index (χ0) is 22.6. The van der Waals surface area contributed by atoms with E-state index in [1.54, 1.807) is 0 Å². The predicted octanol–water partition coefficient (Wildman–Crippen LogP) is 3.33. The topological polar surface area (TPSA) is 71.4 Å². The van der Waals surface area contributed by atoms with E-state index in [4.69, 9.17) is 0 Å². The third kappa shape index (κ3) is 3.73. The van der Waals surface area contributed by atoms with Crippen molar-refractivity contribution in [2.24, 2.45) is 0 Å². The molecule has 0 saturated carbocycles. The Morgan fingerprint density at radius 3 is 2.52 bits per heavy atom. The van der Waals surface area contributed by atoms with E-state index < -0.39 is 42.5 Å². The largest absolute Gasteiger partial charge is 0.406 e. The van der Waals surface area contributed by atoms with E-state index in [1.807, 2.05) is 24.3 Å². The summed E-state index contributed by atoms with van der Waals surface area (Å²) in [5.74, 6) is -1.04. The van der Waals surface area contributed by atoms with Crippen molar-refractivity contribution in [3.05, 3.63) is 58.4 Å². The summed E-state index contributed by atoms with van der Waals surface area (Å²) in [6.07, 6.45) is -3.02. The summed E-state index contributed by atoms with van der Waals surface area (Å²) in [6.45, 7) is 1.20. The van der Waals surface area contributed by atoms with Crippen LogP contribution in [-0.2, 0) is 24.2 Å². The van der Waals surface area contributed by atoms with Gasteiger partial charge in [-0.3, -0.25) is 14.5 Å². The summed E-state index contributed by atoms with van der Waals surface area (Å²) in [5, 5.41) is 2.76. The van der Waals surface area contributed by atoms with E-state index in [0.717, 1.165) is 20.6 Å². The van der Waals surface area contributed by atoms with E-state index in [1.165, 1.54) is 19.9 Å². The highest BCUT2D eigenvalue weighted by atomic mass is 19.4. The van der Waals surface area contributed by atoms with Crippen molar-refractivity contribution in [1.82, 2.24) is 14.8 Å². The van der Waals surface area contributed by atoms with Crippen molar-refractivity contribution in [2.45, 2.75) is 51.4 Å². The predicted molar refractivity (Wildman–Crippen MR) is 106 cm³/mol. The van der Waals surface area contributed by atoms with Gasteiger partial charge in [0.1, 0.15) is 12.1 Å². The van der Waals surface area contributed by atoms with Gasteiger partial charge in [-0.05, 0) is 43.9 Å². The number of nitrogens with one attached hydrogen (secondary N) is 1. The molecule has 4 rings (SSSR count). The molecule has 3 amide bonds. The highest BCUT2D eigenvalue weighted by Crippen LogP contribution is 2.34. The van der Waals surface area contributed by atoms with Crippen LogP contribution in [0.25, 0.3) is 0 Å². The molecule has 2 aromatic rings. The summed E-state index contributed by atoms with van der Waals surface area (Å²) in [6, 6.07) is 8.42. The van der Waals surface area contributed by atoms with Gasteiger partial charge in [-0.2, -0.15) is 13.2 Å². The summed E-state index contributed by atoms with van der Waals surface area (Å²) in [5.41, 5.74) is 1.55. The molecule has 9 heteroatoms. The van der Waals surface area contributed by atoms with Crippen molar-refractivity contribution in [2.75, 3.05) is 6.54 Å². The second kappa shape index (κ2) is 7.25. The first-order valence-corrected chi connectivity index (χ1v) is 9.98. The minimum atomic E-state index is -4.43. The number of ketones is 1. The van der Waals surface area contributed by atoms with Crippen LogP contribution in [0, 0.1) is 13.8 Å². The highest BCUT2D eigenvalue weighted by Gasteiger charge is 2.52. The van der Waals surface area contributed by atoms with Crippen LogP contribution in [0.5, 0.6) is 0 Å². The molecule has 1 aromatic carbocycles. The number of imide groups is 1. The molecule has 1 fully saturated rings. The second-order valence-corrected chi connectivity index (χ2v) is 8.26. The van der Waals surface area contributed by atoms with Crippen LogP contribution in [0.2, 0.25) is 0 Å². The molecule has 6 nitrogen and oxygen atoms in total. The smallest absolute Gasteiger partial charge is 0.339 e. The van der Waals surface area contributed by atoms with Crippen LogP contribution in [0.4, 0.5) is 18.0 Å². The second-order valence-electron chi connectivity index (χ2n) is 8.26. The molecule has 1 spiro atoms. The summed E-state index contributed by atoms with van der Waals surface area (Å²) >= 11 is 0. The lowest BCUT2D eigenvalue weighted by atomic mass is 9.78. The van der Waals surface area contributed by atoms with Crippen LogP contribution < -0.4 is 5.32 Å². The first-order valence-electron chi connectivity index (χ1n) is 9.98. The maximum Gasteiger partial charge on any atom is 0.406 e. The molecule has 31 heavy (non-hydrogen) atoms. The Bertz CT molecular complexity index is 1090. The summed E-state index contributed by atoms with van der Waals surface area (Å²) in [4.78, 5) is 39.4. The third-order valence-corrected chi connectivity index (χ3v) is 6.19. The molecule has 1 aliphatic carbocycles. The first-order chi connectivity index (χ1) is 14.5. The van der Waals surface area contributed by atoms with Gasteiger partial charge in [-0.25, -0.2) is 4.79 Å². The molecule has 1 aromatic heterocycles. The molecule has 164 valence electrons. The average Bonchev–Trinajstić information content (AvgIpc) is 3.09. The van der Waals surface area contributed by atoms with E-state index in [2.05, 4.69) is 5.32 Å². The SMILES string of the molecule is Cc1cc(C(=O)CN2C(=O)NC3(CCc4ccccc4C3)C2=O)c(C)n1CC(F)(F)F. The van der Waals surface area contributed by atoms with Gasteiger partial charge in [0.15, 0.2) is 5.78 Å². The fourth-order valence-electron chi connectivity index (χ4n) is 4.58. The minimum absolute atomic E-state index is 0.0808. The Labute approximate surface area is 177 Å². The Kier molecular flexibility index (Phi) is 4.94. The fourth-order valence-corrected chi connectivity index (χ4v) is 4.58. The number of hydrogen-bond acceptors (Lipinski definition) is 3. The van der Waals surface area contributed by atoms with Gasteiger partial charge in [0, 0.05) is 23.4 Å². The quantitative estimate of drug-likeness (QED) is 0.594. The maximum atomic E-state index is 13.2. The fraction of sp³-hybridized carbons (Fsp3) is 0.409. The van der Waals surface area contributed by atoms with E-state index in [0.29, 0.717) is 19.3 Å². The molecule has 0 bridgehead atoms. The van der Waals surface area contributed by atoms with Gasteiger partial charge < -0.3 is 9.88 Å². The highest BCUT2D eigenvalue weighted by molar-refractivity contribution is 6.11. The number of fused-ring (bicyclic) bond motifs is 1. The monoisotopic (exact) mass is 433 g/mol. The number of halogens is 3. The van der Waals surface area contributed by atoms with Gasteiger partial charge in [0.25, 0.3) is 5.91 Å². The van der Waals surface area contributed by atoms with Crippen molar-refractivity contribution < 1.29 is 27.6 Å². The third-order valence-electron chi connectivity index (χ3n) is 6.19. The normalized spacial score (nSPS) is 20.9. The van der Waals surface area contributed by atoms with Crippen molar-refractivity contribution in [3.63, 3.8) is 0 Å². The lowest BCUT2D eigenvalue weighted by Gasteiger charge is -2.32. The standard InChI is InChI=1S/C22H22F3N3O3/c1-13-9-17(14(2)28(13)12-22(23,24)25)18(29)11-27-19(30)21(26-20(27)31)8-7-15-5-3-4-6-16(15)10-21/h3-6,9H,7-8,10-12H2,1-2H3,(H,26,31). The zero-order valence-electron chi connectivity index (χ0n) is 17.2. The van der Waals surface area contributed by atoms with Gasteiger partial charge >= 0.3 is 12.2 Å². The van der Waals surface area contributed by atoms with Crippen molar-refractivity contribution in [3.8, 4) is 0 Å². The van der Waals surface area contributed by atoms with E-state index in [-0.39, 0.29) is 17.0 Å². The van der Waals surface area contributed by atoms with Gasteiger partial charge in [-0.1, -0.05) is 24.3 Å². The van der Waals surface area contributed by atoms with Crippen molar-refractivity contribution in [1.29, 1.82) is 0 Å². The number of alkyl halides is 3. The van der Waals surface area contributed by atoms with E-state index in [9.17, 15) is 27.6 Å². The molecule has 0 radical (unpaired) electrons. The molecule has 1 atom stereocenters. The molecular weight excluding hydrogens is 411 g/mol. The van der Waals surface area contributed by atoms with Crippen LogP contribution in [-0.4, -0.2) is 45.4 Å². The van der Waals surface area contributed by atoms with Gasteiger partial charge in [-0.15, -0.1) is 0 Å². The lowest BCUT2D eigenvalue weighted by Crippen LogP contribution is -2.51. The van der Waals surface area contributed by atoms with Crippen LogP contribution in [0.1, 0.15) is 39.3 Å². The van der Waals surface area contributed by atoms with E-state index >= 15 is 0 Å². The number of carbonyl (C=O) groups excluding carboxylic acids is 3. The summed E-state index contributed by atoms with van der Waals surface area (Å²) in [7, 11) is 0. The Morgan fingerprint density at radius 1 is 1.16 bits per heavy atom. The number of Topliss-reactive ketones (excluding diaryl/α,β-unsaturated/α-hetero) is 1. The lowest BCUT2D eigenvalue weighted by molar-refractivity contribution is -0.141. The first kappa shape index (κ1) is 21.1. The molecule has 1 unspecified atom stereocenters. The molecule has 1 aliphatic heterocycles. The number of hydrogen-bond donors (Lipinski definition) is 1. The number of rotatable bonds is 4. The molecule has 1 N–H and O–H groups in total. The Morgan fingerprint density at radius 2 is 1.84 bits per heavy atom. The van der Waals surface area contributed by atoms with Crippen LogP contribution in [0.3, 0.4) is 0 Å². The molecule has 2 aliphatic rings.